The first-order valence-electron chi connectivity index (χ1n) is 15.5. The first kappa shape index (κ1) is 37.0. The Morgan fingerprint density at radius 2 is 1.50 bits per heavy atom. The summed E-state index contributed by atoms with van der Waals surface area (Å²) in [6.07, 6.45) is 7.86. The number of hydrogen-bond donors (Lipinski definition) is 2. The van der Waals surface area contributed by atoms with Gasteiger partial charge in [-0.1, -0.05) is 115 Å². The van der Waals surface area contributed by atoms with Crippen LogP contribution < -0.4 is 5.32 Å². The van der Waals surface area contributed by atoms with E-state index in [0.717, 1.165) is 36.0 Å². The maximum atomic E-state index is 13.2. The van der Waals surface area contributed by atoms with Crippen LogP contribution >= 0.6 is 11.8 Å². The van der Waals surface area contributed by atoms with Gasteiger partial charge in [0.05, 0.1) is 0 Å². The Bertz CT molecular complexity index is 1220. The molecule has 1 unspecified atom stereocenters. The molecule has 5 heteroatoms. The first-order chi connectivity index (χ1) is 20.2. The Labute approximate surface area is 259 Å². The van der Waals surface area contributed by atoms with E-state index < -0.39 is 12.0 Å². The molecular weight excluding hydrogens is 538 g/mol. The van der Waals surface area contributed by atoms with Gasteiger partial charge in [-0.05, 0) is 90.0 Å². The Hall–Kier alpha value is -3.05. The zero-order chi connectivity index (χ0) is 31.5. The number of aliphatic carboxylic acids is 1. The lowest BCUT2D eigenvalue weighted by molar-refractivity contribution is -0.139. The van der Waals surface area contributed by atoms with Crippen molar-refractivity contribution in [3.8, 4) is 11.1 Å². The molecule has 3 aromatic rings. The van der Waals surface area contributed by atoms with Gasteiger partial charge >= 0.3 is 5.97 Å². The van der Waals surface area contributed by atoms with E-state index in [2.05, 4.69) is 63.3 Å². The topological polar surface area (TPSA) is 66.4 Å². The number of aryl methyl sites for hydroxylation is 3. The Kier molecular flexibility index (Phi) is 18.3. The summed E-state index contributed by atoms with van der Waals surface area (Å²) in [5, 5.41) is 12.3. The van der Waals surface area contributed by atoms with Crippen LogP contribution in [0.3, 0.4) is 0 Å². The van der Waals surface area contributed by atoms with Gasteiger partial charge in [-0.3, -0.25) is 4.79 Å². The molecule has 1 atom stereocenters. The third-order valence-corrected chi connectivity index (χ3v) is 7.67. The van der Waals surface area contributed by atoms with Gasteiger partial charge < -0.3 is 10.4 Å². The summed E-state index contributed by atoms with van der Waals surface area (Å²) in [4.78, 5) is 24.9. The second kappa shape index (κ2) is 20.8. The van der Waals surface area contributed by atoms with Gasteiger partial charge in [-0.15, -0.1) is 0 Å². The number of hydrogen-bond acceptors (Lipinski definition) is 3. The number of carbonyl (C=O) groups is 2. The van der Waals surface area contributed by atoms with E-state index in [0.29, 0.717) is 23.7 Å². The lowest BCUT2D eigenvalue weighted by Gasteiger charge is -2.18. The van der Waals surface area contributed by atoms with Crippen LogP contribution in [0.2, 0.25) is 0 Å². The molecule has 42 heavy (non-hydrogen) atoms. The average Bonchev–Trinajstić information content (AvgIpc) is 3.00. The van der Waals surface area contributed by atoms with Crippen molar-refractivity contribution in [1.29, 1.82) is 0 Å². The molecule has 0 bridgehead atoms. The summed E-state index contributed by atoms with van der Waals surface area (Å²) in [7, 11) is 0. The van der Waals surface area contributed by atoms with Crippen molar-refractivity contribution in [3.63, 3.8) is 0 Å². The number of carbonyl (C=O) groups excluding carboxylic acids is 1. The summed E-state index contributed by atoms with van der Waals surface area (Å²) in [6.45, 7) is 14.8. The van der Waals surface area contributed by atoms with Crippen molar-refractivity contribution < 1.29 is 14.7 Å². The lowest BCUT2D eigenvalue weighted by atomic mass is 9.92. The summed E-state index contributed by atoms with van der Waals surface area (Å²) < 4.78 is 0. The molecule has 2 N–H and O–H groups in total. The predicted octanol–water partition coefficient (Wildman–Crippen LogP) is 9.73. The number of unbranched alkanes of at least 4 members (excludes halogenated alkanes) is 1. The molecule has 0 saturated heterocycles. The van der Waals surface area contributed by atoms with E-state index >= 15 is 0 Å². The highest BCUT2D eigenvalue weighted by molar-refractivity contribution is 7.98. The minimum absolute atomic E-state index is 0.348. The first-order valence-corrected chi connectivity index (χ1v) is 16.9. The van der Waals surface area contributed by atoms with Crippen molar-refractivity contribution in [1.82, 2.24) is 5.32 Å². The highest BCUT2D eigenvalue weighted by Crippen LogP contribution is 2.29. The second-order valence-corrected chi connectivity index (χ2v) is 11.6. The van der Waals surface area contributed by atoms with Gasteiger partial charge in [-0.2, -0.15) is 11.8 Å². The molecule has 0 heterocycles. The molecule has 230 valence electrons. The average molecular weight is 592 g/mol. The summed E-state index contributed by atoms with van der Waals surface area (Å²) in [5.74, 6) is -0.172. The second-order valence-electron chi connectivity index (χ2n) is 10.6. The summed E-state index contributed by atoms with van der Waals surface area (Å²) in [6, 6.07) is 21.8. The monoisotopic (exact) mass is 591 g/mol. The molecule has 3 rings (SSSR count). The number of benzene rings is 3. The zero-order valence-electron chi connectivity index (χ0n) is 27.1. The molecule has 0 aromatic heterocycles. The zero-order valence-corrected chi connectivity index (χ0v) is 27.9. The van der Waals surface area contributed by atoms with Crippen LogP contribution in [0.25, 0.3) is 11.1 Å². The fourth-order valence-electron chi connectivity index (χ4n) is 4.38. The van der Waals surface area contributed by atoms with Gasteiger partial charge in [0, 0.05) is 5.56 Å². The molecule has 3 aromatic carbocycles. The number of carboxylic acids is 1. The quantitative estimate of drug-likeness (QED) is 0.208. The van der Waals surface area contributed by atoms with Crippen LogP contribution in [-0.4, -0.2) is 35.0 Å². The Morgan fingerprint density at radius 1 is 0.857 bits per heavy atom. The molecule has 0 saturated carbocycles. The number of amides is 1. The van der Waals surface area contributed by atoms with E-state index in [1.165, 1.54) is 29.5 Å². The molecule has 0 aliphatic carbocycles. The van der Waals surface area contributed by atoms with Crippen LogP contribution in [0.5, 0.6) is 0 Å². The molecular formula is C37H53NO3S. The maximum absolute atomic E-state index is 13.2. The van der Waals surface area contributed by atoms with E-state index in [-0.39, 0.29) is 5.91 Å². The van der Waals surface area contributed by atoms with Gasteiger partial charge in [-0.25, -0.2) is 4.79 Å². The summed E-state index contributed by atoms with van der Waals surface area (Å²) in [5.41, 5.74) is 7.30. The fourth-order valence-corrected chi connectivity index (χ4v) is 4.85. The molecule has 0 aliphatic heterocycles. The third-order valence-electron chi connectivity index (χ3n) is 7.03. The molecule has 0 radical (unpaired) electrons. The van der Waals surface area contributed by atoms with Gasteiger partial charge in [0.15, 0.2) is 0 Å². The minimum Gasteiger partial charge on any atom is -0.480 e. The van der Waals surface area contributed by atoms with E-state index in [4.69, 9.17) is 0 Å². The fraction of sp³-hybridized carbons (Fsp3) is 0.459. The van der Waals surface area contributed by atoms with Crippen molar-refractivity contribution in [2.75, 3.05) is 12.0 Å². The van der Waals surface area contributed by atoms with Crippen molar-refractivity contribution in [2.24, 2.45) is 0 Å². The van der Waals surface area contributed by atoms with E-state index in [1.807, 2.05) is 63.4 Å². The number of rotatable bonds is 13. The largest absolute Gasteiger partial charge is 0.480 e. The van der Waals surface area contributed by atoms with Crippen LogP contribution in [-0.2, 0) is 17.6 Å². The van der Waals surface area contributed by atoms with Crippen LogP contribution in [0.4, 0.5) is 0 Å². The van der Waals surface area contributed by atoms with Crippen LogP contribution in [0.1, 0.15) is 106 Å². The Morgan fingerprint density at radius 3 is 2.07 bits per heavy atom. The highest BCUT2D eigenvalue weighted by atomic mass is 32.2. The lowest BCUT2D eigenvalue weighted by Crippen LogP contribution is -2.41. The molecule has 0 spiro atoms. The minimum atomic E-state index is -1.01. The number of thioether (sulfide) groups is 1. The van der Waals surface area contributed by atoms with Crippen molar-refractivity contribution >= 4 is 23.6 Å². The standard InChI is InChI=1S/C31H37NO3S.C4H10.C2H6/c1-21(2)25-13-8-12-23(19-25)10-7-11-24-15-16-27(28(20-24)26-14-6-5-9-22(26)3)30(33)32-29(31(34)35)17-18-36-4;1-3-4-2;1-2/h5-6,8-9,12-16,19-21,29H,7,10-11,17-18H2,1-4H3,(H,32,33)(H,34,35);3-4H2,1-2H3;1-2H3. The van der Waals surface area contributed by atoms with Crippen LogP contribution in [0, 0.1) is 6.92 Å². The van der Waals surface area contributed by atoms with Gasteiger partial charge in [0.2, 0.25) is 0 Å². The van der Waals surface area contributed by atoms with Crippen molar-refractivity contribution in [3.05, 3.63) is 94.5 Å². The highest BCUT2D eigenvalue weighted by Gasteiger charge is 2.22. The SMILES string of the molecule is CC.CCCC.CSCCC(NC(=O)c1ccc(CCCc2cccc(C(C)C)c2)cc1-c1ccccc1C)C(=O)O. The normalized spacial score (nSPS) is 11.1. The number of nitrogens with one attached hydrogen (secondary N) is 1. The van der Waals surface area contributed by atoms with Crippen LogP contribution in [0.15, 0.2) is 66.7 Å². The maximum Gasteiger partial charge on any atom is 0.326 e. The van der Waals surface area contributed by atoms with Gasteiger partial charge in [0.25, 0.3) is 5.91 Å². The predicted molar refractivity (Wildman–Crippen MR) is 183 cm³/mol. The van der Waals surface area contributed by atoms with Crippen molar-refractivity contribution in [2.45, 2.75) is 99.0 Å². The molecule has 0 fully saturated rings. The smallest absolute Gasteiger partial charge is 0.326 e. The van der Waals surface area contributed by atoms with E-state index in [9.17, 15) is 14.7 Å². The number of carboxylic acid groups (broad SMARTS) is 1. The third kappa shape index (κ3) is 12.4. The van der Waals surface area contributed by atoms with E-state index in [1.54, 1.807) is 11.8 Å². The molecule has 1 amide bonds. The Balaban J connectivity index is 0.00000135. The summed E-state index contributed by atoms with van der Waals surface area (Å²) >= 11 is 1.57. The molecule has 0 aliphatic rings. The van der Waals surface area contributed by atoms with Gasteiger partial charge in [0.1, 0.15) is 6.04 Å². The molecule has 4 nitrogen and oxygen atoms in total.